The van der Waals surface area contributed by atoms with Crippen LogP contribution in [0.15, 0.2) is 55.8 Å². The minimum atomic E-state index is -1.37. The quantitative estimate of drug-likeness (QED) is 0.356. The Morgan fingerprint density at radius 1 is 1.00 bits per heavy atom. The summed E-state index contributed by atoms with van der Waals surface area (Å²) >= 11 is 1.25. The zero-order chi connectivity index (χ0) is 27.7. The number of benzene rings is 2. The van der Waals surface area contributed by atoms with E-state index in [0.717, 1.165) is 6.07 Å². The first-order chi connectivity index (χ1) is 18.6. The Morgan fingerprint density at radius 2 is 1.69 bits per heavy atom. The molecule has 1 fully saturated rings. The van der Waals surface area contributed by atoms with Crippen LogP contribution in [-0.2, 0) is 0 Å². The third-order valence-corrected chi connectivity index (χ3v) is 8.29. The number of carbonyl (C=O) groups is 2. The number of carbonyl (C=O) groups excluding carboxylic acids is 1. The lowest BCUT2D eigenvalue weighted by atomic mass is 10.1. The molecular formula is C25H20FN5O7S. The molecule has 2 aliphatic rings. The molecule has 2 aliphatic heterocycles. The van der Waals surface area contributed by atoms with Crippen molar-refractivity contribution in [3.05, 3.63) is 78.8 Å². The van der Waals surface area contributed by atoms with E-state index >= 15 is 4.39 Å². The Labute approximate surface area is 221 Å². The summed E-state index contributed by atoms with van der Waals surface area (Å²) in [6.07, 6.45) is 0. The van der Waals surface area contributed by atoms with Crippen LogP contribution in [0, 0.1) is 5.82 Å². The number of rotatable bonds is 2. The summed E-state index contributed by atoms with van der Waals surface area (Å²) in [7, 11) is 0. The fourth-order valence-corrected chi connectivity index (χ4v) is 6.31. The number of halogens is 1. The van der Waals surface area contributed by atoms with E-state index in [0.29, 0.717) is 15.1 Å². The zero-order valence-corrected chi connectivity index (χ0v) is 21.1. The minimum Gasteiger partial charge on any atom is -0.477 e. The fourth-order valence-electron chi connectivity index (χ4n) is 5.16. The van der Waals surface area contributed by atoms with Crippen LogP contribution in [0.25, 0.3) is 21.8 Å². The van der Waals surface area contributed by atoms with Crippen LogP contribution in [0.5, 0.6) is 0 Å². The number of pyridine rings is 1. The molecule has 0 spiro atoms. The molecule has 2 aromatic carbocycles. The average Bonchev–Trinajstić information content (AvgIpc) is 2.91. The summed E-state index contributed by atoms with van der Waals surface area (Å²) in [4.78, 5) is 66.1. The first kappa shape index (κ1) is 24.7. The smallest absolute Gasteiger partial charge is 0.372 e. The van der Waals surface area contributed by atoms with Gasteiger partial charge in [-0.3, -0.25) is 9.59 Å². The molecule has 1 atom stereocenters. The summed E-state index contributed by atoms with van der Waals surface area (Å²) in [5.74, 6) is -2.08. The average molecular weight is 554 g/mol. The second-order valence-corrected chi connectivity index (χ2v) is 10.5. The highest BCUT2D eigenvalue weighted by atomic mass is 32.2. The lowest BCUT2D eigenvalue weighted by Crippen LogP contribution is -2.55. The maximum Gasteiger partial charge on any atom is 0.372 e. The van der Waals surface area contributed by atoms with E-state index in [1.165, 1.54) is 34.9 Å². The fraction of sp³-hybridized carbons (Fsp3) is 0.240. The number of amides is 1. The number of carboxylic acid groups (broad SMARTS) is 1. The maximum atomic E-state index is 15.2. The van der Waals surface area contributed by atoms with Gasteiger partial charge in [0, 0.05) is 31.6 Å². The third kappa shape index (κ3) is 3.55. The van der Waals surface area contributed by atoms with Gasteiger partial charge in [0.05, 0.1) is 32.5 Å². The van der Waals surface area contributed by atoms with Gasteiger partial charge in [-0.25, -0.2) is 18.8 Å². The van der Waals surface area contributed by atoms with E-state index in [4.69, 9.17) is 0 Å². The molecule has 0 aliphatic carbocycles. The number of aromatic carboxylic acids is 1. The predicted octanol–water partition coefficient (Wildman–Crippen LogP) is 1.97. The Bertz CT molecular complexity index is 1920. The van der Waals surface area contributed by atoms with Gasteiger partial charge in [0.1, 0.15) is 11.4 Å². The highest BCUT2D eigenvalue weighted by molar-refractivity contribution is 8.00. The number of aromatic nitrogens is 3. The second-order valence-electron chi connectivity index (χ2n) is 9.23. The van der Waals surface area contributed by atoms with Crippen molar-refractivity contribution in [3.63, 3.8) is 0 Å². The van der Waals surface area contributed by atoms with Crippen LogP contribution < -0.4 is 21.6 Å². The largest absolute Gasteiger partial charge is 0.477 e. The SMILES string of the molecule is CC1Sc2c(C(=O)O)c(=O)c3cc(F)c(N4CCN(C(=O)n5c(=O)c6ccccc6n(O)c5=O)CC4)cc3n21. The number of hydrogen-bond donors (Lipinski definition) is 2. The summed E-state index contributed by atoms with van der Waals surface area (Å²) in [5.41, 5.74) is -2.61. The number of nitrogens with zero attached hydrogens (tertiary/aromatic N) is 5. The van der Waals surface area contributed by atoms with Crippen LogP contribution in [0.2, 0.25) is 0 Å². The van der Waals surface area contributed by atoms with Crippen molar-refractivity contribution in [2.45, 2.75) is 17.3 Å². The van der Waals surface area contributed by atoms with E-state index in [2.05, 4.69) is 0 Å². The van der Waals surface area contributed by atoms with E-state index in [1.54, 1.807) is 21.6 Å². The van der Waals surface area contributed by atoms with Gasteiger partial charge in [0.15, 0.2) is 0 Å². The van der Waals surface area contributed by atoms with E-state index in [9.17, 15) is 34.3 Å². The lowest BCUT2D eigenvalue weighted by molar-refractivity contribution is 0.0689. The number of fused-ring (bicyclic) bond motifs is 4. The maximum absolute atomic E-state index is 15.2. The molecule has 39 heavy (non-hydrogen) atoms. The third-order valence-electron chi connectivity index (χ3n) is 7.11. The molecule has 2 N–H and O–H groups in total. The number of thioether (sulfide) groups is 1. The first-order valence-electron chi connectivity index (χ1n) is 11.9. The monoisotopic (exact) mass is 553 g/mol. The number of piperazine rings is 1. The molecule has 1 saturated heterocycles. The minimum absolute atomic E-state index is 0.00451. The number of hydrogen-bond acceptors (Lipinski definition) is 8. The number of carboxylic acids is 1. The van der Waals surface area contributed by atoms with Crippen molar-refractivity contribution >= 4 is 51.3 Å². The van der Waals surface area contributed by atoms with Crippen molar-refractivity contribution in [2.75, 3.05) is 31.1 Å². The van der Waals surface area contributed by atoms with Crippen LogP contribution in [-0.4, -0.2) is 67.3 Å². The molecule has 1 amide bonds. The highest BCUT2D eigenvalue weighted by Gasteiger charge is 2.34. The molecule has 0 radical (unpaired) electrons. The van der Waals surface area contributed by atoms with Crippen molar-refractivity contribution in [2.24, 2.45) is 0 Å². The Balaban J connectivity index is 1.32. The molecule has 200 valence electrons. The molecule has 4 heterocycles. The summed E-state index contributed by atoms with van der Waals surface area (Å²) in [5, 5.41) is 19.9. The molecule has 0 bridgehead atoms. The van der Waals surface area contributed by atoms with Gasteiger partial charge in [-0.05, 0) is 31.2 Å². The molecule has 6 rings (SSSR count). The summed E-state index contributed by atoms with van der Waals surface area (Å²) < 4.78 is 17.6. The zero-order valence-electron chi connectivity index (χ0n) is 20.3. The Morgan fingerprint density at radius 3 is 2.36 bits per heavy atom. The topological polar surface area (TPSA) is 147 Å². The standard InChI is InChI=1S/C25H20FN5O7S/c1-12-29-17-11-18(15(26)10-14(17)20(32)19(23(34)35)22(29)39-12)27-6-8-28(9-7-27)24(36)30-21(33)13-4-2-3-5-16(13)31(38)25(30)37/h2-5,10-12,38H,6-9H2,1H3,(H,34,35). The van der Waals surface area contributed by atoms with Gasteiger partial charge in [-0.1, -0.05) is 23.9 Å². The van der Waals surface area contributed by atoms with Crippen molar-refractivity contribution < 1.29 is 24.3 Å². The normalized spacial score (nSPS) is 16.8. The second kappa shape index (κ2) is 8.73. The van der Waals surface area contributed by atoms with E-state index in [1.807, 2.05) is 6.92 Å². The van der Waals surface area contributed by atoms with Gasteiger partial charge >= 0.3 is 17.7 Å². The van der Waals surface area contributed by atoms with Crippen LogP contribution in [0.4, 0.5) is 14.9 Å². The molecule has 0 saturated carbocycles. The van der Waals surface area contributed by atoms with E-state index in [-0.39, 0.29) is 63.8 Å². The Kier molecular flexibility index (Phi) is 5.53. The van der Waals surface area contributed by atoms with Crippen molar-refractivity contribution in [1.29, 1.82) is 0 Å². The van der Waals surface area contributed by atoms with Gasteiger partial charge < -0.3 is 24.7 Å². The highest BCUT2D eigenvalue weighted by Crippen LogP contribution is 2.46. The molecule has 14 heteroatoms. The molecule has 1 unspecified atom stereocenters. The first-order valence-corrected chi connectivity index (χ1v) is 12.8. The van der Waals surface area contributed by atoms with Crippen molar-refractivity contribution in [1.82, 2.24) is 18.8 Å². The number of anilines is 1. The lowest BCUT2D eigenvalue weighted by Gasteiger charge is -2.37. The van der Waals surface area contributed by atoms with Gasteiger partial charge in [-0.2, -0.15) is 4.57 Å². The van der Waals surface area contributed by atoms with Gasteiger partial charge in [-0.15, -0.1) is 4.73 Å². The van der Waals surface area contributed by atoms with Crippen LogP contribution >= 0.6 is 11.8 Å². The molecule has 2 aromatic heterocycles. The van der Waals surface area contributed by atoms with Gasteiger partial charge in [0.2, 0.25) is 5.43 Å². The van der Waals surface area contributed by atoms with Crippen LogP contribution in [0.1, 0.15) is 22.7 Å². The van der Waals surface area contributed by atoms with Crippen LogP contribution in [0.3, 0.4) is 0 Å². The predicted molar refractivity (Wildman–Crippen MR) is 140 cm³/mol. The molecule has 12 nitrogen and oxygen atoms in total. The summed E-state index contributed by atoms with van der Waals surface area (Å²) in [6.45, 7) is 2.23. The van der Waals surface area contributed by atoms with Crippen molar-refractivity contribution in [3.8, 4) is 0 Å². The molecule has 4 aromatic rings. The van der Waals surface area contributed by atoms with E-state index < -0.39 is 34.5 Å². The van der Waals surface area contributed by atoms with Gasteiger partial charge in [0.25, 0.3) is 5.56 Å². The number of para-hydroxylation sites is 1. The molecular weight excluding hydrogens is 533 g/mol. The summed E-state index contributed by atoms with van der Waals surface area (Å²) in [6, 6.07) is 7.50. The Hall–Kier alpha value is -4.59.